The number of rotatable bonds is 6. The summed E-state index contributed by atoms with van der Waals surface area (Å²) in [6.07, 6.45) is 1.77. The summed E-state index contributed by atoms with van der Waals surface area (Å²) >= 11 is 0. The Balaban J connectivity index is 2.03. The Hall–Kier alpha value is -1.35. The lowest BCUT2D eigenvalue weighted by Crippen LogP contribution is -2.35. The minimum atomic E-state index is 0.214. The molecule has 0 aliphatic carbocycles. The number of aryl methyl sites for hydroxylation is 1. The average Bonchev–Trinajstić information content (AvgIpc) is 2.86. The summed E-state index contributed by atoms with van der Waals surface area (Å²) in [6, 6.07) is 8.94. The highest BCUT2D eigenvalue weighted by Crippen LogP contribution is 2.26. The van der Waals surface area contributed by atoms with Gasteiger partial charge in [-0.1, -0.05) is 45.0 Å². The van der Waals surface area contributed by atoms with Gasteiger partial charge in [-0.2, -0.15) is 0 Å². The summed E-state index contributed by atoms with van der Waals surface area (Å²) < 4.78 is 0. The van der Waals surface area contributed by atoms with Gasteiger partial charge < -0.3 is 10.2 Å². The molecule has 1 saturated heterocycles. The van der Waals surface area contributed by atoms with Crippen LogP contribution in [-0.2, 0) is 11.2 Å². The molecule has 2 atom stereocenters. The first-order valence-electron chi connectivity index (χ1n) is 8.09. The van der Waals surface area contributed by atoms with Crippen LogP contribution < -0.4 is 5.32 Å². The number of likely N-dealkylation sites (tertiary alicyclic amines) is 1. The molecule has 116 valence electrons. The molecule has 0 radical (unpaired) electrons. The van der Waals surface area contributed by atoms with Gasteiger partial charge in [-0.3, -0.25) is 4.79 Å². The van der Waals surface area contributed by atoms with Crippen LogP contribution in [0.5, 0.6) is 0 Å². The van der Waals surface area contributed by atoms with E-state index in [9.17, 15) is 4.79 Å². The summed E-state index contributed by atoms with van der Waals surface area (Å²) in [5.74, 6) is 1.40. The van der Waals surface area contributed by atoms with E-state index in [1.807, 2.05) is 11.9 Å². The zero-order valence-electron chi connectivity index (χ0n) is 13.7. The van der Waals surface area contributed by atoms with E-state index >= 15 is 0 Å². The Kier molecular flexibility index (Phi) is 5.40. The molecule has 1 N–H and O–H groups in total. The molecule has 21 heavy (non-hydrogen) atoms. The van der Waals surface area contributed by atoms with Crippen LogP contribution in [-0.4, -0.2) is 30.9 Å². The Bertz CT molecular complexity index is 467. The fraction of sp³-hybridized carbons (Fsp3) is 0.611. The van der Waals surface area contributed by atoms with E-state index in [2.05, 4.69) is 50.4 Å². The number of carbonyl (C=O) groups excluding carboxylic acids is 1. The monoisotopic (exact) mass is 288 g/mol. The van der Waals surface area contributed by atoms with Crippen molar-refractivity contribution in [3.05, 3.63) is 35.4 Å². The van der Waals surface area contributed by atoms with Gasteiger partial charge in [0, 0.05) is 25.6 Å². The molecule has 1 amide bonds. The maximum atomic E-state index is 12.2. The van der Waals surface area contributed by atoms with Crippen LogP contribution in [0.2, 0.25) is 0 Å². The quantitative estimate of drug-likeness (QED) is 0.872. The van der Waals surface area contributed by atoms with E-state index in [1.165, 1.54) is 11.1 Å². The third kappa shape index (κ3) is 3.85. The van der Waals surface area contributed by atoms with E-state index < -0.39 is 0 Å². The maximum absolute atomic E-state index is 12.2. The van der Waals surface area contributed by atoms with Gasteiger partial charge in [0.25, 0.3) is 0 Å². The first-order chi connectivity index (χ1) is 10.0. The molecule has 0 saturated carbocycles. The second-order valence-electron chi connectivity index (χ2n) is 6.44. The van der Waals surface area contributed by atoms with E-state index in [-0.39, 0.29) is 6.04 Å². The lowest BCUT2D eigenvalue weighted by Gasteiger charge is -2.25. The molecule has 1 aromatic carbocycles. The smallest absolute Gasteiger partial charge is 0.222 e. The molecule has 1 aliphatic rings. The van der Waals surface area contributed by atoms with Crippen molar-refractivity contribution in [1.29, 1.82) is 0 Å². The van der Waals surface area contributed by atoms with Crippen LogP contribution in [0.4, 0.5) is 0 Å². The third-order valence-electron chi connectivity index (χ3n) is 4.73. The summed E-state index contributed by atoms with van der Waals surface area (Å²) in [5, 5.41) is 3.35. The van der Waals surface area contributed by atoms with E-state index in [0.717, 1.165) is 19.5 Å². The van der Waals surface area contributed by atoms with Gasteiger partial charge in [0.2, 0.25) is 5.91 Å². The van der Waals surface area contributed by atoms with Crippen LogP contribution in [0, 0.1) is 11.8 Å². The number of benzene rings is 1. The summed E-state index contributed by atoms with van der Waals surface area (Å²) in [5.41, 5.74) is 2.61. The maximum Gasteiger partial charge on any atom is 0.222 e. The van der Waals surface area contributed by atoms with Crippen LogP contribution in [0.15, 0.2) is 24.3 Å². The van der Waals surface area contributed by atoms with Crippen molar-refractivity contribution in [2.75, 3.05) is 20.1 Å². The van der Waals surface area contributed by atoms with Crippen LogP contribution >= 0.6 is 0 Å². The van der Waals surface area contributed by atoms with Gasteiger partial charge in [-0.05, 0) is 36.4 Å². The highest BCUT2D eigenvalue weighted by Gasteiger charge is 2.32. The SMILES string of the molecule is CCc1ccc(C(CN2CC(C(C)C)CC2=O)NC)cc1. The number of hydrogen-bond acceptors (Lipinski definition) is 2. The van der Waals surface area contributed by atoms with Crippen LogP contribution in [0.25, 0.3) is 0 Å². The normalized spacial score (nSPS) is 20.3. The highest BCUT2D eigenvalue weighted by molar-refractivity contribution is 5.78. The summed E-state index contributed by atoms with van der Waals surface area (Å²) in [7, 11) is 1.97. The molecule has 2 rings (SSSR count). The number of carbonyl (C=O) groups is 1. The second kappa shape index (κ2) is 7.08. The van der Waals surface area contributed by atoms with Crippen molar-refractivity contribution in [3.63, 3.8) is 0 Å². The van der Waals surface area contributed by atoms with Crippen LogP contribution in [0.3, 0.4) is 0 Å². The first-order valence-corrected chi connectivity index (χ1v) is 8.09. The topological polar surface area (TPSA) is 32.3 Å². The molecule has 3 heteroatoms. The predicted octanol–water partition coefficient (Wildman–Crippen LogP) is 3.01. The molecule has 0 bridgehead atoms. The predicted molar refractivity (Wildman–Crippen MR) is 87.1 cm³/mol. The molecule has 1 aromatic rings. The number of likely N-dealkylation sites (N-methyl/N-ethyl adjacent to an activating group) is 1. The molecule has 3 nitrogen and oxygen atoms in total. The van der Waals surface area contributed by atoms with Crippen molar-refractivity contribution in [1.82, 2.24) is 10.2 Å². The molecular weight excluding hydrogens is 260 g/mol. The van der Waals surface area contributed by atoms with Crippen molar-refractivity contribution in [3.8, 4) is 0 Å². The van der Waals surface area contributed by atoms with Crippen molar-refractivity contribution in [2.24, 2.45) is 11.8 Å². The highest BCUT2D eigenvalue weighted by atomic mass is 16.2. The van der Waals surface area contributed by atoms with Gasteiger partial charge in [0.15, 0.2) is 0 Å². The fourth-order valence-electron chi connectivity index (χ4n) is 3.00. The zero-order valence-corrected chi connectivity index (χ0v) is 13.7. The molecule has 1 fully saturated rings. The molecule has 2 unspecified atom stereocenters. The summed E-state index contributed by atoms with van der Waals surface area (Å²) in [6.45, 7) is 8.26. The Morgan fingerprint density at radius 3 is 2.43 bits per heavy atom. The van der Waals surface area contributed by atoms with Gasteiger partial charge in [0.1, 0.15) is 0 Å². The Labute approximate surface area is 128 Å². The number of hydrogen-bond donors (Lipinski definition) is 1. The minimum absolute atomic E-state index is 0.214. The average molecular weight is 288 g/mol. The van der Waals surface area contributed by atoms with E-state index in [1.54, 1.807) is 0 Å². The Morgan fingerprint density at radius 2 is 1.95 bits per heavy atom. The molecule has 1 heterocycles. The number of amides is 1. The lowest BCUT2D eigenvalue weighted by molar-refractivity contribution is -0.128. The third-order valence-corrected chi connectivity index (χ3v) is 4.73. The van der Waals surface area contributed by atoms with Crippen molar-refractivity contribution < 1.29 is 4.79 Å². The lowest BCUT2D eigenvalue weighted by atomic mass is 9.95. The number of nitrogens with zero attached hydrogens (tertiary/aromatic N) is 1. The van der Waals surface area contributed by atoms with E-state index in [0.29, 0.717) is 24.2 Å². The van der Waals surface area contributed by atoms with Gasteiger partial charge in [0.05, 0.1) is 0 Å². The van der Waals surface area contributed by atoms with Crippen LogP contribution in [0.1, 0.15) is 44.4 Å². The molecule has 1 aliphatic heterocycles. The zero-order chi connectivity index (χ0) is 15.4. The minimum Gasteiger partial charge on any atom is -0.340 e. The van der Waals surface area contributed by atoms with Crippen molar-refractivity contribution in [2.45, 2.75) is 39.7 Å². The largest absolute Gasteiger partial charge is 0.340 e. The van der Waals surface area contributed by atoms with Gasteiger partial charge in [-0.15, -0.1) is 0 Å². The molecule has 0 spiro atoms. The van der Waals surface area contributed by atoms with Gasteiger partial charge >= 0.3 is 0 Å². The summed E-state index contributed by atoms with van der Waals surface area (Å²) in [4.78, 5) is 14.2. The molecule has 0 aromatic heterocycles. The standard InChI is InChI=1S/C18H28N2O/c1-5-14-6-8-15(9-7-14)17(19-4)12-20-11-16(13(2)3)10-18(20)21/h6-9,13,16-17,19H,5,10-12H2,1-4H3. The Morgan fingerprint density at radius 1 is 1.29 bits per heavy atom. The van der Waals surface area contributed by atoms with E-state index in [4.69, 9.17) is 0 Å². The van der Waals surface area contributed by atoms with Crippen molar-refractivity contribution >= 4 is 5.91 Å². The molecular formula is C18H28N2O. The second-order valence-corrected chi connectivity index (χ2v) is 6.44. The van der Waals surface area contributed by atoms with Gasteiger partial charge in [-0.25, -0.2) is 0 Å². The number of nitrogens with one attached hydrogen (secondary N) is 1. The fourth-order valence-corrected chi connectivity index (χ4v) is 3.00. The first kappa shape index (κ1) is 16.0.